The number of rotatable bonds is 5. The maximum Gasteiger partial charge on any atom is 0.258 e. The van der Waals surface area contributed by atoms with E-state index in [4.69, 9.17) is 16.3 Å². The predicted octanol–water partition coefficient (Wildman–Crippen LogP) is 4.28. The van der Waals surface area contributed by atoms with Gasteiger partial charge in [0, 0.05) is 46.9 Å². The number of carbonyl (C=O) groups is 1. The Bertz CT molecular complexity index is 1390. The predicted molar refractivity (Wildman–Crippen MR) is 123 cm³/mol. The van der Waals surface area contributed by atoms with Crippen molar-refractivity contribution in [3.63, 3.8) is 0 Å². The van der Waals surface area contributed by atoms with Crippen molar-refractivity contribution in [1.82, 2.24) is 19.9 Å². The van der Waals surface area contributed by atoms with Crippen molar-refractivity contribution in [2.75, 3.05) is 13.7 Å². The fourth-order valence-corrected chi connectivity index (χ4v) is 4.20. The summed E-state index contributed by atoms with van der Waals surface area (Å²) in [6.07, 6.45) is 1.74. The molecule has 0 atom stereocenters. The monoisotopic (exact) mass is 438 g/mol. The SMILES string of the molecule is CCNC(=O)c1cc(OC)cc(-c2cc3cnc4[nH]c(C)cc4c3n(CC)c2=O)c1Cl. The summed E-state index contributed by atoms with van der Waals surface area (Å²) in [5.74, 6) is 0.119. The molecule has 0 unspecified atom stereocenters. The van der Waals surface area contributed by atoms with Gasteiger partial charge in [0.05, 0.1) is 23.2 Å². The number of aromatic nitrogens is 3. The molecule has 2 N–H and O–H groups in total. The van der Waals surface area contributed by atoms with Crippen molar-refractivity contribution in [3.05, 3.63) is 57.1 Å². The molecule has 0 saturated heterocycles. The number of amides is 1. The van der Waals surface area contributed by atoms with Gasteiger partial charge in [-0.1, -0.05) is 11.6 Å². The van der Waals surface area contributed by atoms with Crippen molar-refractivity contribution in [1.29, 1.82) is 0 Å². The van der Waals surface area contributed by atoms with Crippen LogP contribution in [0.25, 0.3) is 33.1 Å². The van der Waals surface area contributed by atoms with E-state index in [0.717, 1.165) is 27.6 Å². The summed E-state index contributed by atoms with van der Waals surface area (Å²) in [4.78, 5) is 33.8. The molecule has 31 heavy (non-hydrogen) atoms. The topological polar surface area (TPSA) is 89.0 Å². The number of fused-ring (bicyclic) bond motifs is 3. The van der Waals surface area contributed by atoms with Gasteiger partial charge in [-0.25, -0.2) is 4.98 Å². The van der Waals surface area contributed by atoms with Crippen LogP contribution in [0.1, 0.15) is 29.9 Å². The molecule has 0 radical (unpaired) electrons. The Hall–Kier alpha value is -3.32. The Morgan fingerprint density at radius 2 is 2.00 bits per heavy atom. The van der Waals surface area contributed by atoms with Gasteiger partial charge in [0.1, 0.15) is 11.4 Å². The molecule has 3 aromatic heterocycles. The van der Waals surface area contributed by atoms with E-state index >= 15 is 0 Å². The average Bonchev–Trinajstić information content (AvgIpc) is 3.14. The molecule has 1 amide bonds. The van der Waals surface area contributed by atoms with Crippen LogP contribution in [-0.2, 0) is 6.54 Å². The molecule has 1 aromatic carbocycles. The molecule has 0 spiro atoms. The Morgan fingerprint density at radius 1 is 1.23 bits per heavy atom. The van der Waals surface area contributed by atoms with Crippen LogP contribution in [0.4, 0.5) is 0 Å². The number of halogens is 1. The van der Waals surface area contributed by atoms with Crippen LogP contribution in [0.2, 0.25) is 5.02 Å². The first-order valence-corrected chi connectivity index (χ1v) is 10.4. The van der Waals surface area contributed by atoms with E-state index < -0.39 is 0 Å². The fraction of sp³-hybridized carbons (Fsp3) is 0.261. The van der Waals surface area contributed by atoms with Crippen LogP contribution in [0.3, 0.4) is 0 Å². The van der Waals surface area contributed by atoms with Crippen molar-refractivity contribution >= 4 is 39.4 Å². The van der Waals surface area contributed by atoms with Crippen LogP contribution in [-0.4, -0.2) is 34.1 Å². The number of aryl methyl sites for hydroxylation is 2. The molecule has 0 aliphatic rings. The molecular weight excluding hydrogens is 416 g/mol. The number of hydrogen-bond acceptors (Lipinski definition) is 4. The highest BCUT2D eigenvalue weighted by atomic mass is 35.5. The van der Waals surface area contributed by atoms with Gasteiger partial charge in [0.15, 0.2) is 0 Å². The lowest BCUT2D eigenvalue weighted by molar-refractivity contribution is 0.0955. The normalized spacial score (nSPS) is 11.3. The minimum atomic E-state index is -0.324. The zero-order chi connectivity index (χ0) is 22.3. The standard InChI is InChI=1S/C23H23ClN4O3/c1-5-25-22(29)17-10-14(31-4)9-15(19(17)24)16-8-13-11-26-21-18(7-12(3)27-21)20(13)28(6-2)23(16)30/h7-11H,5-6H2,1-4H3,(H,25,29)(H,26,27). The van der Waals surface area contributed by atoms with Crippen LogP contribution in [0.5, 0.6) is 5.75 Å². The van der Waals surface area contributed by atoms with E-state index in [0.29, 0.717) is 30.0 Å². The van der Waals surface area contributed by atoms with Gasteiger partial charge < -0.3 is 19.6 Å². The first kappa shape index (κ1) is 20.9. The lowest BCUT2D eigenvalue weighted by Crippen LogP contribution is -2.24. The third-order valence-electron chi connectivity index (χ3n) is 5.31. The molecule has 0 bridgehead atoms. The number of H-pyrrole nitrogens is 1. The van der Waals surface area contributed by atoms with E-state index in [1.54, 1.807) is 29.0 Å². The van der Waals surface area contributed by atoms with Gasteiger partial charge in [-0.2, -0.15) is 0 Å². The molecule has 7 nitrogen and oxygen atoms in total. The Balaban J connectivity index is 2.06. The van der Waals surface area contributed by atoms with Crippen molar-refractivity contribution in [3.8, 4) is 16.9 Å². The number of nitrogens with zero attached hydrogens (tertiary/aromatic N) is 2. The van der Waals surface area contributed by atoms with Crippen LogP contribution < -0.4 is 15.6 Å². The summed E-state index contributed by atoms with van der Waals surface area (Å²) in [5.41, 5.74) is 3.41. The molecule has 0 fully saturated rings. The highest BCUT2D eigenvalue weighted by Gasteiger charge is 2.21. The van der Waals surface area contributed by atoms with E-state index in [2.05, 4.69) is 15.3 Å². The zero-order valence-corrected chi connectivity index (χ0v) is 18.6. The average molecular weight is 439 g/mol. The van der Waals surface area contributed by atoms with Crippen LogP contribution >= 0.6 is 11.6 Å². The highest BCUT2D eigenvalue weighted by Crippen LogP contribution is 2.35. The molecule has 4 rings (SSSR count). The first-order chi connectivity index (χ1) is 14.9. The van der Waals surface area contributed by atoms with E-state index in [1.165, 1.54) is 7.11 Å². The Labute approximate surface area is 184 Å². The number of carbonyl (C=O) groups excluding carboxylic acids is 1. The van der Waals surface area contributed by atoms with E-state index in [9.17, 15) is 9.59 Å². The zero-order valence-electron chi connectivity index (χ0n) is 17.8. The number of pyridine rings is 2. The number of hydrogen-bond donors (Lipinski definition) is 2. The highest BCUT2D eigenvalue weighted by molar-refractivity contribution is 6.36. The van der Waals surface area contributed by atoms with Gasteiger partial charge in [-0.15, -0.1) is 0 Å². The lowest BCUT2D eigenvalue weighted by atomic mass is 10.0. The van der Waals surface area contributed by atoms with E-state index in [-0.39, 0.29) is 22.1 Å². The third kappa shape index (κ3) is 3.45. The Kier molecular flexibility index (Phi) is 5.45. The molecule has 3 heterocycles. The lowest BCUT2D eigenvalue weighted by Gasteiger charge is -2.15. The molecular formula is C23H23ClN4O3. The van der Waals surface area contributed by atoms with Gasteiger partial charge >= 0.3 is 0 Å². The smallest absolute Gasteiger partial charge is 0.258 e. The quantitative estimate of drug-likeness (QED) is 0.486. The first-order valence-electron chi connectivity index (χ1n) is 10.1. The number of ether oxygens (including phenoxy) is 1. The number of nitrogens with one attached hydrogen (secondary N) is 2. The summed E-state index contributed by atoms with van der Waals surface area (Å²) in [5, 5.41) is 4.65. The molecule has 0 aliphatic carbocycles. The minimum absolute atomic E-state index is 0.196. The third-order valence-corrected chi connectivity index (χ3v) is 5.72. The molecule has 160 valence electrons. The van der Waals surface area contributed by atoms with Gasteiger partial charge in [0.2, 0.25) is 0 Å². The molecule has 4 aromatic rings. The largest absolute Gasteiger partial charge is 0.497 e. The molecule has 8 heteroatoms. The van der Waals surface area contributed by atoms with Crippen LogP contribution in [0.15, 0.2) is 35.3 Å². The van der Waals surface area contributed by atoms with E-state index in [1.807, 2.05) is 26.8 Å². The maximum absolute atomic E-state index is 13.6. The summed E-state index contributed by atoms with van der Waals surface area (Å²) in [6, 6.07) is 7.02. The number of methoxy groups -OCH3 is 1. The Morgan fingerprint density at radius 3 is 2.68 bits per heavy atom. The fourth-order valence-electron chi connectivity index (χ4n) is 3.91. The van der Waals surface area contributed by atoms with Gasteiger partial charge in [-0.05, 0) is 45.0 Å². The molecule has 0 saturated carbocycles. The van der Waals surface area contributed by atoms with Crippen LogP contribution in [0, 0.1) is 6.92 Å². The summed E-state index contributed by atoms with van der Waals surface area (Å²) in [7, 11) is 1.51. The summed E-state index contributed by atoms with van der Waals surface area (Å²) < 4.78 is 7.09. The summed E-state index contributed by atoms with van der Waals surface area (Å²) in [6.45, 7) is 6.63. The number of aromatic amines is 1. The second kappa shape index (κ2) is 8.07. The minimum Gasteiger partial charge on any atom is -0.497 e. The van der Waals surface area contributed by atoms with Gasteiger partial charge in [-0.3, -0.25) is 9.59 Å². The van der Waals surface area contributed by atoms with Gasteiger partial charge in [0.25, 0.3) is 11.5 Å². The number of benzene rings is 1. The second-order valence-corrected chi connectivity index (χ2v) is 7.66. The second-order valence-electron chi connectivity index (χ2n) is 7.28. The summed E-state index contributed by atoms with van der Waals surface area (Å²) >= 11 is 6.63. The maximum atomic E-state index is 13.6. The van der Waals surface area contributed by atoms with Crippen molar-refractivity contribution in [2.45, 2.75) is 27.3 Å². The van der Waals surface area contributed by atoms with Crippen molar-refractivity contribution < 1.29 is 9.53 Å². The van der Waals surface area contributed by atoms with Crippen molar-refractivity contribution in [2.24, 2.45) is 0 Å². The molecule has 0 aliphatic heterocycles.